The molecule has 1 atom stereocenters. The fourth-order valence-corrected chi connectivity index (χ4v) is 12.2. The lowest BCUT2D eigenvalue weighted by molar-refractivity contribution is -0.123. The Morgan fingerprint density at radius 2 is 1.49 bits per heavy atom. The van der Waals surface area contributed by atoms with Crippen LogP contribution < -0.4 is 10.0 Å². The molecule has 368 valence electrons. The molecule has 0 radical (unpaired) electrons. The Kier molecular flexibility index (Phi) is 12.9. The number of nitrogens with zero attached hydrogens (tertiary/aromatic N) is 5. The lowest BCUT2D eigenvalue weighted by Crippen LogP contribution is -2.37. The number of carbonyl (C=O) groups excluding carboxylic acids is 1. The minimum Gasteiger partial charge on any atom is -0.346 e. The van der Waals surface area contributed by atoms with Gasteiger partial charge in [-0.15, -0.1) is 0 Å². The SMILES string of the molecule is CC(C)(CCc1ccc(-c2ccc(Cl)c3c(NS(=O)(=O)C4CC4)nn(CC(F)F)c23)c([C@H](Cc2cc(F)cc(F)c2)NC(=O)Cn2nc(C(F)F)c3c2C(F)(F)CCC3(F)F)n1)S(=O)(=O)C1CC1. The number of halogens is 11. The highest BCUT2D eigenvalue weighted by molar-refractivity contribution is 7.93. The maximum absolute atomic E-state index is 15.4. The van der Waals surface area contributed by atoms with E-state index in [9.17, 15) is 48.0 Å². The summed E-state index contributed by atoms with van der Waals surface area (Å²) in [5, 5.41) is 8.40. The van der Waals surface area contributed by atoms with Crippen LogP contribution >= 0.6 is 11.6 Å². The molecule has 1 amide bonds. The van der Waals surface area contributed by atoms with Gasteiger partial charge in [0, 0.05) is 35.7 Å². The average molecular weight is 1030 g/mol. The highest BCUT2D eigenvalue weighted by Gasteiger charge is 2.55. The summed E-state index contributed by atoms with van der Waals surface area (Å²) in [5.41, 5.74) is -5.43. The number of carbonyl (C=O) groups is 1. The van der Waals surface area contributed by atoms with Crippen LogP contribution in [0.1, 0.15) is 105 Å². The van der Waals surface area contributed by atoms with Crippen molar-refractivity contribution in [3.63, 3.8) is 0 Å². The summed E-state index contributed by atoms with van der Waals surface area (Å²) in [6, 6.07) is 6.17. The van der Waals surface area contributed by atoms with Gasteiger partial charge in [-0.1, -0.05) is 23.7 Å². The monoisotopic (exact) mass is 1030 g/mol. The molecule has 3 heterocycles. The predicted octanol–water partition coefficient (Wildman–Crippen LogP) is 9.70. The summed E-state index contributed by atoms with van der Waals surface area (Å²) in [4.78, 5) is 18.9. The largest absolute Gasteiger partial charge is 0.346 e. The molecule has 2 aromatic carbocycles. The van der Waals surface area contributed by atoms with Gasteiger partial charge in [-0.2, -0.15) is 19.0 Å². The summed E-state index contributed by atoms with van der Waals surface area (Å²) in [5.74, 6) is -12.2. The van der Waals surface area contributed by atoms with Gasteiger partial charge in [0.25, 0.3) is 24.7 Å². The second-order valence-corrected chi connectivity index (χ2v) is 23.1. The molecule has 0 unspecified atom stereocenters. The van der Waals surface area contributed by atoms with Crippen molar-refractivity contribution in [1.29, 1.82) is 0 Å². The van der Waals surface area contributed by atoms with Crippen LogP contribution in [0.25, 0.3) is 22.0 Å². The summed E-state index contributed by atoms with van der Waals surface area (Å²) >= 11 is 6.64. The minimum absolute atomic E-state index is 0.00365. The number of amides is 1. The number of pyridine rings is 1. The lowest BCUT2D eigenvalue weighted by atomic mass is 9.89. The average Bonchev–Trinajstić information content (AvgIpc) is 4.17. The molecule has 0 aliphatic heterocycles. The predicted molar refractivity (Wildman–Crippen MR) is 229 cm³/mol. The van der Waals surface area contributed by atoms with E-state index in [1.807, 2.05) is 0 Å². The summed E-state index contributed by atoms with van der Waals surface area (Å²) in [7, 11) is -7.71. The van der Waals surface area contributed by atoms with Gasteiger partial charge in [0.2, 0.25) is 15.9 Å². The quantitative estimate of drug-likeness (QED) is 0.0822. The van der Waals surface area contributed by atoms with Crippen molar-refractivity contribution in [2.45, 2.75) is 131 Å². The van der Waals surface area contributed by atoms with Crippen LogP contribution in [0.5, 0.6) is 0 Å². The van der Waals surface area contributed by atoms with Gasteiger partial charge in [-0.05, 0) is 88.6 Å². The van der Waals surface area contributed by atoms with E-state index in [-0.39, 0.29) is 61.5 Å². The Bertz CT molecular complexity index is 3010. The maximum Gasteiger partial charge on any atom is 0.290 e. The summed E-state index contributed by atoms with van der Waals surface area (Å²) < 4.78 is 202. The van der Waals surface area contributed by atoms with E-state index in [0.717, 1.165) is 16.8 Å². The topological polar surface area (TPSA) is 158 Å². The Morgan fingerprint density at radius 1 is 0.853 bits per heavy atom. The molecular weight excluding hydrogens is 984 g/mol. The number of hydrogen-bond donors (Lipinski definition) is 2. The van der Waals surface area contributed by atoms with E-state index in [4.69, 9.17) is 16.6 Å². The number of benzene rings is 2. The van der Waals surface area contributed by atoms with Crippen LogP contribution in [0.15, 0.2) is 42.5 Å². The lowest BCUT2D eigenvalue weighted by Gasteiger charge is -2.29. The second kappa shape index (κ2) is 17.8. The fraction of sp³-hybridized carbons (Fsp3) is 0.488. The molecular formula is C43H42ClF10N7O5S2. The summed E-state index contributed by atoms with van der Waals surface area (Å²) in [6.45, 7) is 0.595. The van der Waals surface area contributed by atoms with Crippen LogP contribution in [-0.2, 0) is 62.4 Å². The third kappa shape index (κ3) is 9.77. The Morgan fingerprint density at radius 3 is 2.10 bits per heavy atom. The van der Waals surface area contributed by atoms with Gasteiger partial charge in [-0.3, -0.25) is 23.9 Å². The first kappa shape index (κ1) is 49.5. The molecule has 2 fully saturated rings. The van der Waals surface area contributed by atoms with Crippen molar-refractivity contribution in [1.82, 2.24) is 29.9 Å². The summed E-state index contributed by atoms with van der Waals surface area (Å²) in [6.07, 6.45) is -8.83. The van der Waals surface area contributed by atoms with Gasteiger partial charge in [0.15, 0.2) is 15.7 Å². The van der Waals surface area contributed by atoms with Crippen LogP contribution in [0.4, 0.5) is 49.7 Å². The van der Waals surface area contributed by atoms with E-state index in [1.54, 1.807) is 0 Å². The fourth-order valence-electron chi connectivity index (χ4n) is 8.57. The number of nitrogens with one attached hydrogen (secondary N) is 2. The molecule has 25 heteroatoms. The molecule has 0 saturated heterocycles. The minimum atomic E-state index is -4.18. The number of aryl methyl sites for hydroxylation is 1. The Balaban J connectivity index is 1.30. The number of anilines is 1. The number of rotatable bonds is 18. The van der Waals surface area contributed by atoms with Crippen molar-refractivity contribution < 1.29 is 65.5 Å². The molecule has 0 bridgehead atoms. The normalized spacial score (nSPS) is 17.8. The highest BCUT2D eigenvalue weighted by Crippen LogP contribution is 2.52. The van der Waals surface area contributed by atoms with E-state index in [0.29, 0.717) is 31.7 Å². The molecule has 8 rings (SSSR count). The van der Waals surface area contributed by atoms with Gasteiger partial charge in [0.05, 0.1) is 48.5 Å². The second-order valence-electron chi connectivity index (χ2n) is 17.9. The molecule has 12 nitrogen and oxygen atoms in total. The van der Waals surface area contributed by atoms with Gasteiger partial charge < -0.3 is 5.32 Å². The van der Waals surface area contributed by atoms with Crippen LogP contribution in [0.3, 0.4) is 0 Å². The number of aromatic nitrogens is 5. The zero-order valence-corrected chi connectivity index (χ0v) is 38.3. The van der Waals surface area contributed by atoms with Crippen LogP contribution in [0, 0.1) is 11.6 Å². The maximum atomic E-state index is 15.4. The van der Waals surface area contributed by atoms with Crippen molar-refractivity contribution in [3.8, 4) is 11.1 Å². The first-order chi connectivity index (χ1) is 31.7. The van der Waals surface area contributed by atoms with E-state index in [1.165, 1.54) is 38.1 Å². The molecule has 3 aliphatic rings. The van der Waals surface area contributed by atoms with Gasteiger partial charge in [0.1, 0.15) is 36.1 Å². The number of hydrogen-bond acceptors (Lipinski definition) is 8. The van der Waals surface area contributed by atoms with Crippen LogP contribution in [-0.4, -0.2) is 69.0 Å². The number of fused-ring (bicyclic) bond motifs is 2. The first-order valence-corrected chi connectivity index (χ1v) is 24.8. The molecule has 0 spiro atoms. The third-order valence-corrected chi connectivity index (χ3v) is 17.6. The number of sulfone groups is 1. The zero-order valence-electron chi connectivity index (χ0n) is 36.0. The van der Waals surface area contributed by atoms with Crippen molar-refractivity contribution in [2.75, 3.05) is 4.72 Å². The Labute approximate surface area is 387 Å². The van der Waals surface area contributed by atoms with Crippen molar-refractivity contribution in [2.24, 2.45) is 0 Å². The van der Waals surface area contributed by atoms with Gasteiger partial charge >= 0.3 is 0 Å². The molecule has 3 aliphatic carbocycles. The molecule has 5 aromatic rings. The molecule has 3 aromatic heterocycles. The molecule has 2 saturated carbocycles. The smallest absolute Gasteiger partial charge is 0.290 e. The van der Waals surface area contributed by atoms with Crippen molar-refractivity contribution >= 4 is 54.1 Å². The molecule has 68 heavy (non-hydrogen) atoms. The standard InChI is InChI=1S/C43H42ClF10N7O5S2/c1-41(2,67(63,64)25-4-5-25)12-11-24-3-8-27(28-9-10-29(44)33-37(28)60(19-31(47)48)58-40(33)59-68(65,66)26-6-7-26)35(55-24)30(17-21-15-22(45)18-23(46)16-21)56-32(62)20-61-38-34(36(57-61)39(49)50)42(51,52)13-14-43(38,53)54/h3,8-10,15-16,18,25-26,30-31,39H,4-7,11-14,17,19-20H2,1-2H3,(H,56,62)(H,58,59)/t30-/m0/s1. The number of sulfonamides is 1. The van der Waals surface area contributed by atoms with E-state index < -0.39 is 139 Å². The van der Waals surface area contributed by atoms with Crippen molar-refractivity contribution in [3.05, 3.63) is 93.0 Å². The first-order valence-electron chi connectivity index (χ1n) is 21.3. The van der Waals surface area contributed by atoms with Gasteiger partial charge in [-0.25, -0.2) is 52.0 Å². The molecule has 2 N–H and O–H groups in total. The van der Waals surface area contributed by atoms with Crippen LogP contribution in [0.2, 0.25) is 5.02 Å². The third-order valence-electron chi connectivity index (χ3n) is 12.3. The van der Waals surface area contributed by atoms with E-state index >= 15 is 17.6 Å². The van der Waals surface area contributed by atoms with E-state index in [2.05, 4.69) is 20.2 Å². The zero-order chi connectivity index (χ0) is 49.5. The number of alkyl halides is 8. The Hall–Kier alpha value is -4.97. The highest BCUT2D eigenvalue weighted by atomic mass is 35.5.